The van der Waals surface area contributed by atoms with Crippen LogP contribution in [0.3, 0.4) is 0 Å². The average molecular weight is 326 g/mol. The summed E-state index contributed by atoms with van der Waals surface area (Å²) in [6.45, 7) is 5.47. The van der Waals surface area contributed by atoms with Gasteiger partial charge >= 0.3 is 0 Å². The Morgan fingerprint density at radius 3 is 2.86 bits per heavy atom. The lowest BCUT2D eigenvalue weighted by atomic mass is 10.1. The predicted octanol–water partition coefficient (Wildman–Crippen LogP) is 2.89. The van der Waals surface area contributed by atoms with E-state index in [1.807, 2.05) is 25.6 Å². The molecule has 21 heavy (non-hydrogen) atoms. The molecule has 2 atom stereocenters. The molecule has 2 fully saturated rings. The Balaban J connectivity index is 1.79. The molecule has 2 saturated heterocycles. The summed E-state index contributed by atoms with van der Waals surface area (Å²) in [5.41, 5.74) is 0.866. The molecule has 0 saturated carbocycles. The first-order valence-electron chi connectivity index (χ1n) is 7.59. The summed E-state index contributed by atoms with van der Waals surface area (Å²) in [5.74, 6) is 2.36. The summed E-state index contributed by atoms with van der Waals surface area (Å²) >= 11 is 3.46. The van der Waals surface area contributed by atoms with Crippen molar-refractivity contribution >= 4 is 29.0 Å². The van der Waals surface area contributed by atoms with Gasteiger partial charge in [-0.3, -0.25) is 4.79 Å². The number of rotatable bonds is 4. The second kappa shape index (κ2) is 6.67. The van der Waals surface area contributed by atoms with E-state index in [1.165, 1.54) is 11.3 Å². The maximum absolute atomic E-state index is 13.0. The van der Waals surface area contributed by atoms with E-state index in [9.17, 15) is 4.79 Å². The molecule has 3 heterocycles. The van der Waals surface area contributed by atoms with Crippen LogP contribution in [0.25, 0.3) is 0 Å². The van der Waals surface area contributed by atoms with Crippen LogP contribution >= 0.6 is 23.1 Å². The van der Waals surface area contributed by atoms with Gasteiger partial charge in [-0.05, 0) is 38.9 Å². The number of ether oxygens (including phenoxy) is 1. The third kappa shape index (κ3) is 3.43. The number of aryl methyl sites for hydroxylation is 2. The van der Waals surface area contributed by atoms with Crippen molar-refractivity contribution in [3.05, 3.63) is 15.6 Å². The molecule has 0 aliphatic carbocycles. The number of aromatic nitrogens is 1. The van der Waals surface area contributed by atoms with Gasteiger partial charge in [-0.15, -0.1) is 11.3 Å². The number of carbonyl (C=O) groups excluding carboxylic acids is 1. The Labute approximate surface area is 134 Å². The van der Waals surface area contributed by atoms with Crippen molar-refractivity contribution in [2.45, 2.75) is 45.3 Å². The van der Waals surface area contributed by atoms with Gasteiger partial charge in [0.05, 0.1) is 16.8 Å². The van der Waals surface area contributed by atoms with Gasteiger partial charge in [0.2, 0.25) is 0 Å². The maximum Gasteiger partial charge on any atom is 0.266 e. The van der Waals surface area contributed by atoms with Crippen LogP contribution in [0.4, 0.5) is 0 Å². The highest BCUT2D eigenvalue weighted by molar-refractivity contribution is 7.99. The normalized spacial score (nSPS) is 25.4. The first-order valence-corrected chi connectivity index (χ1v) is 9.56. The number of thioether (sulfide) groups is 1. The van der Waals surface area contributed by atoms with Crippen molar-refractivity contribution < 1.29 is 9.53 Å². The average Bonchev–Trinajstić information content (AvgIpc) is 3.16. The number of amides is 1. The number of nitrogens with zero attached hydrogens (tertiary/aromatic N) is 2. The van der Waals surface area contributed by atoms with Crippen molar-refractivity contribution in [3.8, 4) is 0 Å². The van der Waals surface area contributed by atoms with Crippen LogP contribution in [0.2, 0.25) is 0 Å². The fourth-order valence-electron chi connectivity index (χ4n) is 3.03. The molecule has 2 aliphatic heterocycles. The second-order valence-electron chi connectivity index (χ2n) is 5.76. The van der Waals surface area contributed by atoms with Crippen molar-refractivity contribution in [2.75, 3.05) is 24.7 Å². The van der Waals surface area contributed by atoms with Crippen molar-refractivity contribution in [1.82, 2.24) is 9.88 Å². The lowest BCUT2D eigenvalue weighted by Gasteiger charge is -2.30. The molecule has 0 spiro atoms. The van der Waals surface area contributed by atoms with Crippen LogP contribution in [0.15, 0.2) is 0 Å². The summed E-state index contributed by atoms with van der Waals surface area (Å²) in [5, 5.41) is 0.966. The maximum atomic E-state index is 13.0. The molecule has 0 radical (unpaired) electrons. The zero-order valence-corrected chi connectivity index (χ0v) is 14.3. The summed E-state index contributed by atoms with van der Waals surface area (Å²) in [6, 6.07) is 0.355. The van der Waals surface area contributed by atoms with Gasteiger partial charge < -0.3 is 9.64 Å². The van der Waals surface area contributed by atoms with E-state index in [1.54, 1.807) is 0 Å². The molecular formula is C15H22N2O2S2. The van der Waals surface area contributed by atoms with Crippen LogP contribution in [0, 0.1) is 13.8 Å². The molecule has 0 aromatic carbocycles. The number of carbonyl (C=O) groups is 1. The fourth-order valence-corrected chi connectivity index (χ4v) is 5.13. The highest BCUT2D eigenvalue weighted by atomic mass is 32.2. The van der Waals surface area contributed by atoms with E-state index < -0.39 is 0 Å². The second-order valence-corrected chi connectivity index (χ2v) is 8.11. The third-order valence-electron chi connectivity index (χ3n) is 4.13. The van der Waals surface area contributed by atoms with Gasteiger partial charge in [-0.2, -0.15) is 11.8 Å². The van der Waals surface area contributed by atoms with E-state index in [-0.39, 0.29) is 12.0 Å². The highest BCUT2D eigenvalue weighted by Crippen LogP contribution is 2.28. The smallest absolute Gasteiger partial charge is 0.266 e. The van der Waals surface area contributed by atoms with E-state index in [0.717, 1.165) is 59.5 Å². The molecule has 0 unspecified atom stereocenters. The number of hydrogen-bond donors (Lipinski definition) is 0. The fraction of sp³-hybridized carbons (Fsp3) is 0.733. The van der Waals surface area contributed by atoms with Crippen LogP contribution < -0.4 is 0 Å². The van der Waals surface area contributed by atoms with Crippen molar-refractivity contribution in [2.24, 2.45) is 0 Å². The molecule has 3 rings (SSSR count). The van der Waals surface area contributed by atoms with Gasteiger partial charge in [0.25, 0.3) is 5.91 Å². The topological polar surface area (TPSA) is 42.4 Å². The Morgan fingerprint density at radius 2 is 2.29 bits per heavy atom. The lowest BCUT2D eigenvalue weighted by molar-refractivity contribution is 0.0444. The number of hydrogen-bond acceptors (Lipinski definition) is 5. The Morgan fingerprint density at radius 1 is 1.43 bits per heavy atom. The largest absolute Gasteiger partial charge is 0.376 e. The van der Waals surface area contributed by atoms with Crippen LogP contribution in [0.1, 0.15) is 39.6 Å². The van der Waals surface area contributed by atoms with Crippen LogP contribution in [-0.4, -0.2) is 52.6 Å². The summed E-state index contributed by atoms with van der Waals surface area (Å²) < 4.78 is 5.75. The first kappa shape index (κ1) is 15.3. The molecule has 4 nitrogen and oxygen atoms in total. The summed E-state index contributed by atoms with van der Waals surface area (Å²) in [7, 11) is 0. The van der Waals surface area contributed by atoms with E-state index in [4.69, 9.17) is 4.74 Å². The molecular weight excluding hydrogens is 304 g/mol. The molecule has 1 aromatic rings. The van der Waals surface area contributed by atoms with E-state index >= 15 is 0 Å². The zero-order valence-electron chi connectivity index (χ0n) is 12.6. The SMILES string of the molecule is Cc1nc(C)c(C(=O)N(C[C@@H]2CCCO2)[C@@H]2CCSC2)s1. The van der Waals surface area contributed by atoms with Gasteiger partial charge in [-0.1, -0.05) is 0 Å². The standard InChI is InChI=1S/C15H22N2O2S2/c1-10-14(21-11(2)16-10)15(18)17(12-5-7-20-9-12)8-13-4-3-6-19-13/h12-13H,3-9H2,1-2H3/t12-,13+/m1/s1. The number of thiazole rings is 1. The third-order valence-corrected chi connectivity index (χ3v) is 6.34. The molecule has 0 bridgehead atoms. The minimum Gasteiger partial charge on any atom is -0.376 e. The molecule has 1 aromatic heterocycles. The highest BCUT2D eigenvalue weighted by Gasteiger charge is 2.32. The van der Waals surface area contributed by atoms with Crippen LogP contribution in [0.5, 0.6) is 0 Å². The minimum absolute atomic E-state index is 0.154. The molecule has 1 amide bonds. The van der Waals surface area contributed by atoms with Gasteiger partial charge in [0.15, 0.2) is 0 Å². The Hall–Kier alpha value is -0.590. The minimum atomic E-state index is 0.154. The van der Waals surface area contributed by atoms with Crippen LogP contribution in [-0.2, 0) is 4.74 Å². The molecule has 0 N–H and O–H groups in total. The van der Waals surface area contributed by atoms with E-state index in [0.29, 0.717) is 6.04 Å². The monoisotopic (exact) mass is 326 g/mol. The first-order chi connectivity index (χ1) is 10.1. The Kier molecular flexibility index (Phi) is 4.86. The summed E-state index contributed by atoms with van der Waals surface area (Å²) in [4.78, 5) is 20.3. The quantitative estimate of drug-likeness (QED) is 0.853. The molecule has 6 heteroatoms. The van der Waals surface area contributed by atoms with Crippen molar-refractivity contribution in [1.29, 1.82) is 0 Å². The van der Waals surface area contributed by atoms with Gasteiger partial charge in [0.1, 0.15) is 4.88 Å². The van der Waals surface area contributed by atoms with Gasteiger partial charge in [-0.25, -0.2) is 4.98 Å². The summed E-state index contributed by atoms with van der Waals surface area (Å²) in [6.07, 6.45) is 3.50. The Bertz CT molecular complexity index is 506. The van der Waals surface area contributed by atoms with E-state index in [2.05, 4.69) is 9.88 Å². The molecule has 2 aliphatic rings. The van der Waals surface area contributed by atoms with Gasteiger partial charge in [0, 0.05) is 24.9 Å². The molecule has 116 valence electrons. The zero-order chi connectivity index (χ0) is 14.8. The van der Waals surface area contributed by atoms with Crippen molar-refractivity contribution in [3.63, 3.8) is 0 Å². The lowest BCUT2D eigenvalue weighted by Crippen LogP contribution is -2.44. The predicted molar refractivity (Wildman–Crippen MR) is 87.3 cm³/mol.